The number of rotatable bonds is 7. The molecule has 1 fully saturated rings. The number of carbonyl (C=O) groups is 2. The van der Waals surface area contributed by atoms with E-state index in [0.29, 0.717) is 17.8 Å². The van der Waals surface area contributed by atoms with E-state index in [1.54, 1.807) is 11.6 Å². The molecule has 1 saturated carbocycles. The van der Waals surface area contributed by atoms with Gasteiger partial charge in [0.15, 0.2) is 5.78 Å². The number of aliphatic carboxylic acids is 1. The van der Waals surface area contributed by atoms with Crippen molar-refractivity contribution in [1.29, 1.82) is 5.26 Å². The van der Waals surface area contributed by atoms with E-state index in [1.807, 2.05) is 31.2 Å². The van der Waals surface area contributed by atoms with Gasteiger partial charge in [0.05, 0.1) is 11.5 Å². The first kappa shape index (κ1) is 20.0. The standard InChI is InChI=1S/C22H22N2O3S/c1-14-3-2-4-16(9-14)18-10-15(11-19(18)22(26)27)5-6-20(25)17(13-23)12-21-24-7-8-28-21/h2-4,7-9,12,15,18-19H,5-6,10-11H2,1H3,(H,26,27)/b17-12+/t15?,18-,19+/m0/s1. The number of hydrogen-bond donors (Lipinski definition) is 1. The van der Waals surface area contributed by atoms with Crippen LogP contribution in [-0.4, -0.2) is 21.8 Å². The van der Waals surface area contributed by atoms with Gasteiger partial charge in [0.2, 0.25) is 0 Å². The summed E-state index contributed by atoms with van der Waals surface area (Å²) in [4.78, 5) is 28.3. The predicted molar refractivity (Wildman–Crippen MR) is 108 cm³/mol. The Morgan fingerprint density at radius 2 is 2.21 bits per heavy atom. The first-order valence-corrected chi connectivity index (χ1v) is 10.2. The maximum Gasteiger partial charge on any atom is 0.307 e. The number of nitriles is 1. The summed E-state index contributed by atoms with van der Waals surface area (Å²) in [7, 11) is 0. The molecule has 144 valence electrons. The van der Waals surface area contributed by atoms with Crippen LogP contribution in [-0.2, 0) is 9.59 Å². The number of nitrogens with zero attached hydrogens (tertiary/aromatic N) is 2. The minimum Gasteiger partial charge on any atom is -0.481 e. The predicted octanol–water partition coefficient (Wildman–Crippen LogP) is 4.60. The second kappa shape index (κ2) is 8.94. The third-order valence-electron chi connectivity index (χ3n) is 5.37. The van der Waals surface area contributed by atoms with Gasteiger partial charge in [0.25, 0.3) is 0 Å². The molecule has 6 heteroatoms. The van der Waals surface area contributed by atoms with E-state index in [-0.39, 0.29) is 29.6 Å². The van der Waals surface area contributed by atoms with Crippen LogP contribution in [0.25, 0.3) is 6.08 Å². The summed E-state index contributed by atoms with van der Waals surface area (Å²) >= 11 is 1.37. The molecule has 3 rings (SSSR count). The lowest BCUT2D eigenvalue weighted by Gasteiger charge is -2.16. The van der Waals surface area contributed by atoms with Gasteiger partial charge in [-0.15, -0.1) is 11.3 Å². The third kappa shape index (κ3) is 4.73. The number of hydrogen-bond acceptors (Lipinski definition) is 5. The lowest BCUT2D eigenvalue weighted by molar-refractivity contribution is -0.142. The average molecular weight is 394 g/mol. The molecular formula is C22H22N2O3S. The van der Waals surface area contributed by atoms with E-state index in [9.17, 15) is 20.0 Å². The van der Waals surface area contributed by atoms with Gasteiger partial charge in [0.1, 0.15) is 11.1 Å². The molecule has 0 aliphatic heterocycles. The molecule has 1 N–H and O–H groups in total. The number of thiazole rings is 1. The molecule has 28 heavy (non-hydrogen) atoms. The number of benzene rings is 1. The highest BCUT2D eigenvalue weighted by molar-refractivity contribution is 7.10. The molecule has 1 aliphatic carbocycles. The van der Waals surface area contributed by atoms with Crippen molar-refractivity contribution in [2.45, 2.75) is 38.5 Å². The van der Waals surface area contributed by atoms with Crippen molar-refractivity contribution < 1.29 is 14.7 Å². The maximum atomic E-state index is 12.4. The van der Waals surface area contributed by atoms with Crippen LogP contribution >= 0.6 is 11.3 Å². The fraction of sp³-hybridized carbons (Fsp3) is 0.364. The fourth-order valence-electron chi connectivity index (χ4n) is 3.99. The highest BCUT2D eigenvalue weighted by Gasteiger charge is 2.39. The van der Waals surface area contributed by atoms with Crippen molar-refractivity contribution in [2.24, 2.45) is 11.8 Å². The lowest BCUT2D eigenvalue weighted by Crippen LogP contribution is -2.16. The van der Waals surface area contributed by atoms with Crippen molar-refractivity contribution >= 4 is 29.2 Å². The Balaban J connectivity index is 1.65. The van der Waals surface area contributed by atoms with Gasteiger partial charge in [-0.3, -0.25) is 9.59 Å². The molecule has 3 atom stereocenters. The molecule has 1 heterocycles. The summed E-state index contributed by atoms with van der Waals surface area (Å²) in [6.45, 7) is 2.00. The Morgan fingerprint density at radius 3 is 2.86 bits per heavy atom. The molecule has 0 bridgehead atoms. The molecule has 1 aromatic heterocycles. The van der Waals surface area contributed by atoms with E-state index in [2.05, 4.69) is 11.1 Å². The smallest absolute Gasteiger partial charge is 0.307 e. The minimum absolute atomic E-state index is 0.0289. The Hall–Kier alpha value is -2.78. The van der Waals surface area contributed by atoms with Crippen molar-refractivity contribution in [1.82, 2.24) is 4.98 Å². The van der Waals surface area contributed by atoms with Crippen molar-refractivity contribution in [3.8, 4) is 6.07 Å². The van der Waals surface area contributed by atoms with Gasteiger partial charge in [-0.2, -0.15) is 5.26 Å². The Morgan fingerprint density at radius 1 is 1.39 bits per heavy atom. The van der Waals surface area contributed by atoms with Gasteiger partial charge in [-0.05, 0) is 49.7 Å². The molecule has 5 nitrogen and oxygen atoms in total. The van der Waals surface area contributed by atoms with E-state index >= 15 is 0 Å². The number of carboxylic acids is 1. The first-order valence-electron chi connectivity index (χ1n) is 9.31. The van der Waals surface area contributed by atoms with Gasteiger partial charge < -0.3 is 5.11 Å². The van der Waals surface area contributed by atoms with E-state index in [0.717, 1.165) is 17.5 Å². The number of allylic oxidation sites excluding steroid dienone is 1. The third-order valence-corrected chi connectivity index (χ3v) is 6.09. The van der Waals surface area contributed by atoms with Gasteiger partial charge in [-0.1, -0.05) is 29.8 Å². The quantitative estimate of drug-likeness (QED) is 0.547. The summed E-state index contributed by atoms with van der Waals surface area (Å²) in [5, 5.41) is 21.4. The molecule has 1 unspecified atom stereocenters. The zero-order chi connectivity index (χ0) is 20.1. The molecule has 0 spiro atoms. The highest BCUT2D eigenvalue weighted by atomic mass is 32.1. The molecule has 0 radical (unpaired) electrons. The molecular weight excluding hydrogens is 372 g/mol. The van der Waals surface area contributed by atoms with Gasteiger partial charge >= 0.3 is 5.97 Å². The zero-order valence-electron chi connectivity index (χ0n) is 15.7. The highest BCUT2D eigenvalue weighted by Crippen LogP contribution is 2.45. The Bertz CT molecular complexity index is 928. The molecule has 1 aromatic carbocycles. The molecule has 2 aromatic rings. The maximum absolute atomic E-state index is 12.4. The van der Waals surface area contributed by atoms with Crippen LogP contribution < -0.4 is 0 Å². The number of ketones is 1. The van der Waals surface area contributed by atoms with E-state index in [4.69, 9.17) is 0 Å². The molecule has 0 amide bonds. The van der Waals surface area contributed by atoms with Crippen LogP contribution in [0.3, 0.4) is 0 Å². The molecule has 0 saturated heterocycles. The van der Waals surface area contributed by atoms with Crippen LogP contribution in [0.5, 0.6) is 0 Å². The van der Waals surface area contributed by atoms with Crippen LogP contribution in [0.2, 0.25) is 0 Å². The van der Waals surface area contributed by atoms with Crippen molar-refractivity contribution in [3.63, 3.8) is 0 Å². The number of Topliss-reactive ketones (excluding diaryl/α,β-unsaturated/α-hetero) is 1. The van der Waals surface area contributed by atoms with Crippen LogP contribution in [0.15, 0.2) is 41.4 Å². The summed E-state index contributed by atoms with van der Waals surface area (Å²) in [6, 6.07) is 9.98. The van der Waals surface area contributed by atoms with Gasteiger partial charge in [0, 0.05) is 18.0 Å². The van der Waals surface area contributed by atoms with E-state index in [1.165, 1.54) is 17.4 Å². The fourth-order valence-corrected chi connectivity index (χ4v) is 4.56. The van der Waals surface area contributed by atoms with Crippen molar-refractivity contribution in [3.05, 3.63) is 57.6 Å². The van der Waals surface area contributed by atoms with Crippen molar-refractivity contribution in [2.75, 3.05) is 0 Å². The molecule has 1 aliphatic rings. The largest absolute Gasteiger partial charge is 0.481 e. The lowest BCUT2D eigenvalue weighted by atomic mass is 9.88. The number of carbonyl (C=O) groups excluding carboxylic acids is 1. The monoisotopic (exact) mass is 394 g/mol. The summed E-state index contributed by atoms with van der Waals surface area (Å²) < 4.78 is 0. The summed E-state index contributed by atoms with van der Waals surface area (Å²) in [5.74, 6) is -1.28. The van der Waals surface area contributed by atoms with Crippen LogP contribution in [0, 0.1) is 30.1 Å². The number of aromatic nitrogens is 1. The average Bonchev–Trinajstić information content (AvgIpc) is 3.34. The minimum atomic E-state index is -0.776. The topological polar surface area (TPSA) is 91.0 Å². The van der Waals surface area contributed by atoms with E-state index < -0.39 is 11.9 Å². The second-order valence-electron chi connectivity index (χ2n) is 7.30. The van der Waals surface area contributed by atoms with Gasteiger partial charge in [-0.25, -0.2) is 4.98 Å². The normalized spacial score (nSPS) is 22.0. The summed E-state index contributed by atoms with van der Waals surface area (Å²) in [5.41, 5.74) is 2.28. The Kier molecular flexibility index (Phi) is 6.37. The zero-order valence-corrected chi connectivity index (χ0v) is 16.5. The number of carboxylic acid groups (broad SMARTS) is 1. The summed E-state index contributed by atoms with van der Waals surface area (Å²) in [6.07, 6.45) is 5.33. The number of aryl methyl sites for hydroxylation is 1. The van der Waals surface area contributed by atoms with Crippen LogP contribution in [0.4, 0.5) is 0 Å². The van der Waals surface area contributed by atoms with Crippen LogP contribution in [0.1, 0.15) is 47.7 Å². The SMILES string of the molecule is Cc1cccc([C@@H]2CC(CCC(=O)/C(C#N)=C/c3nccs3)C[C@H]2C(=O)O)c1. The Labute approximate surface area is 168 Å². The second-order valence-corrected chi connectivity index (χ2v) is 8.23. The first-order chi connectivity index (χ1) is 13.5.